The first kappa shape index (κ1) is 26.3. The number of carbonyl (C=O) groups is 2. The van der Waals surface area contributed by atoms with E-state index >= 15 is 0 Å². The number of nitro benzene ring substituents is 1. The lowest BCUT2D eigenvalue weighted by atomic mass is 10.1. The molecule has 3 aromatic carbocycles. The van der Waals surface area contributed by atoms with Gasteiger partial charge in [0.15, 0.2) is 5.75 Å². The van der Waals surface area contributed by atoms with Gasteiger partial charge in [0, 0.05) is 12.1 Å². The largest absolute Gasteiger partial charge is 0.486 e. The molecule has 3 aromatic rings. The van der Waals surface area contributed by atoms with Crippen LogP contribution in [0.5, 0.6) is 5.75 Å². The second kappa shape index (κ2) is 11.1. The average molecular weight is 584 g/mol. The third-order valence-electron chi connectivity index (χ3n) is 5.05. The number of imide groups is 1. The first-order valence-corrected chi connectivity index (χ1v) is 12.5. The third-order valence-corrected chi connectivity index (χ3v) is 7.25. The van der Waals surface area contributed by atoms with Crippen molar-refractivity contribution in [1.29, 1.82) is 0 Å². The molecule has 7 nitrogen and oxygen atoms in total. The monoisotopic (exact) mass is 582 g/mol. The van der Waals surface area contributed by atoms with E-state index in [1.807, 2.05) is 0 Å². The topological polar surface area (TPSA) is 89.8 Å². The number of hydrogen-bond acceptors (Lipinski definition) is 6. The van der Waals surface area contributed by atoms with Crippen LogP contribution in [0.25, 0.3) is 6.08 Å². The SMILES string of the molecule is O=C1S/C(=C\c2cc(Cl)c(OCc3ccc(Cl)c(Cl)c3)c(Cl)c2)C(=O)N1Cc1ccc([N+](=O)[O-])cc1. The van der Waals surface area contributed by atoms with Gasteiger partial charge in [0.05, 0.1) is 36.5 Å². The van der Waals surface area contributed by atoms with Crippen LogP contribution in [0.3, 0.4) is 0 Å². The van der Waals surface area contributed by atoms with Crippen LogP contribution in [-0.2, 0) is 17.9 Å². The quantitative estimate of drug-likeness (QED) is 0.159. The fraction of sp³-hybridized carbons (Fsp3) is 0.0833. The minimum Gasteiger partial charge on any atom is -0.486 e. The minimum atomic E-state index is -0.521. The summed E-state index contributed by atoms with van der Waals surface area (Å²) in [5.41, 5.74) is 1.78. The zero-order valence-corrected chi connectivity index (χ0v) is 21.9. The molecule has 0 unspecified atom stereocenters. The molecule has 1 saturated heterocycles. The van der Waals surface area contributed by atoms with Gasteiger partial charge >= 0.3 is 0 Å². The maximum atomic E-state index is 12.8. The first-order valence-electron chi connectivity index (χ1n) is 10.2. The summed E-state index contributed by atoms with van der Waals surface area (Å²) >= 11 is 25.5. The third kappa shape index (κ3) is 5.96. The Bertz CT molecular complexity index is 1390. The van der Waals surface area contributed by atoms with Gasteiger partial charge in [0.25, 0.3) is 16.8 Å². The molecular formula is C24H14Cl4N2O5S. The normalized spacial score (nSPS) is 14.6. The second-order valence-corrected chi connectivity index (χ2v) is 10.2. The standard InChI is InChI=1S/C24H14Cl4N2O5S/c25-17-6-3-14(7-18(17)26)12-35-22-19(27)8-15(9-20(22)28)10-21-23(31)29(24(32)36-21)11-13-1-4-16(5-2-13)30(33)34/h1-10H,11-12H2/b21-10-. The van der Waals surface area contributed by atoms with Gasteiger partial charge in [-0.1, -0.05) is 64.6 Å². The van der Waals surface area contributed by atoms with Gasteiger partial charge < -0.3 is 4.74 Å². The number of nitrogens with zero attached hydrogens (tertiary/aromatic N) is 2. The molecule has 184 valence electrons. The molecule has 4 rings (SSSR count). The smallest absolute Gasteiger partial charge is 0.293 e. The molecule has 36 heavy (non-hydrogen) atoms. The zero-order valence-electron chi connectivity index (χ0n) is 18.0. The fourth-order valence-corrected chi connectivity index (χ4v) is 5.05. The second-order valence-electron chi connectivity index (χ2n) is 7.54. The Morgan fingerprint density at radius 2 is 1.53 bits per heavy atom. The molecule has 0 atom stereocenters. The van der Waals surface area contributed by atoms with Crippen molar-refractivity contribution >= 4 is 81.1 Å². The summed E-state index contributed by atoms with van der Waals surface area (Å²) in [6, 6.07) is 13.9. The highest BCUT2D eigenvalue weighted by Crippen LogP contribution is 2.38. The van der Waals surface area contributed by atoms with E-state index in [-0.39, 0.29) is 39.5 Å². The van der Waals surface area contributed by atoms with Gasteiger partial charge in [-0.3, -0.25) is 24.6 Å². The molecule has 12 heteroatoms. The summed E-state index contributed by atoms with van der Waals surface area (Å²) in [4.78, 5) is 36.8. The van der Waals surface area contributed by atoms with Gasteiger partial charge in [-0.05, 0) is 58.8 Å². The average Bonchev–Trinajstić information content (AvgIpc) is 3.08. The summed E-state index contributed by atoms with van der Waals surface area (Å²) < 4.78 is 5.76. The number of amides is 2. The van der Waals surface area contributed by atoms with Crippen LogP contribution >= 0.6 is 58.2 Å². The van der Waals surface area contributed by atoms with Crippen LogP contribution in [0.1, 0.15) is 16.7 Å². The highest BCUT2D eigenvalue weighted by Gasteiger charge is 2.35. The molecule has 1 aliphatic rings. The van der Waals surface area contributed by atoms with E-state index in [4.69, 9.17) is 51.1 Å². The van der Waals surface area contributed by atoms with Crippen molar-refractivity contribution in [2.45, 2.75) is 13.2 Å². The Hall–Kier alpha value is -2.75. The maximum Gasteiger partial charge on any atom is 0.293 e. The van der Waals surface area contributed by atoms with Crippen molar-refractivity contribution in [3.8, 4) is 5.75 Å². The Kier molecular flexibility index (Phi) is 8.12. The summed E-state index contributed by atoms with van der Waals surface area (Å²) in [5, 5.41) is 11.6. The predicted octanol–water partition coefficient (Wildman–Crippen LogP) is 8.02. The highest BCUT2D eigenvalue weighted by atomic mass is 35.5. The van der Waals surface area contributed by atoms with Crippen LogP contribution in [-0.4, -0.2) is 21.0 Å². The lowest BCUT2D eigenvalue weighted by molar-refractivity contribution is -0.384. The Morgan fingerprint density at radius 1 is 0.889 bits per heavy atom. The minimum absolute atomic E-state index is 0.0109. The fourth-order valence-electron chi connectivity index (χ4n) is 3.28. The number of benzene rings is 3. The molecule has 0 spiro atoms. The number of non-ortho nitro benzene ring substituents is 1. The predicted molar refractivity (Wildman–Crippen MR) is 142 cm³/mol. The highest BCUT2D eigenvalue weighted by molar-refractivity contribution is 8.18. The molecule has 0 bridgehead atoms. The lowest BCUT2D eigenvalue weighted by Crippen LogP contribution is -2.27. The first-order chi connectivity index (χ1) is 17.1. The van der Waals surface area contributed by atoms with E-state index in [2.05, 4.69) is 0 Å². The van der Waals surface area contributed by atoms with Crippen LogP contribution in [0.4, 0.5) is 10.5 Å². The van der Waals surface area contributed by atoms with Crippen molar-refractivity contribution < 1.29 is 19.2 Å². The van der Waals surface area contributed by atoms with E-state index in [9.17, 15) is 19.7 Å². The molecule has 2 amide bonds. The summed E-state index contributed by atoms with van der Waals surface area (Å²) in [6.07, 6.45) is 1.52. The van der Waals surface area contributed by atoms with E-state index in [0.717, 1.165) is 22.2 Å². The molecule has 1 heterocycles. The summed E-state index contributed by atoms with van der Waals surface area (Å²) in [6.45, 7) is 0.139. The van der Waals surface area contributed by atoms with Gasteiger partial charge in [-0.2, -0.15) is 0 Å². The Morgan fingerprint density at radius 3 is 2.14 bits per heavy atom. The van der Waals surface area contributed by atoms with Gasteiger partial charge in [-0.15, -0.1) is 0 Å². The van der Waals surface area contributed by atoms with E-state index in [0.29, 0.717) is 21.2 Å². The van der Waals surface area contributed by atoms with E-state index in [1.54, 1.807) is 30.3 Å². The van der Waals surface area contributed by atoms with Crippen molar-refractivity contribution in [2.24, 2.45) is 0 Å². The lowest BCUT2D eigenvalue weighted by Gasteiger charge is -2.12. The number of nitro groups is 1. The van der Waals surface area contributed by atoms with Crippen molar-refractivity contribution in [2.75, 3.05) is 0 Å². The summed E-state index contributed by atoms with van der Waals surface area (Å²) in [7, 11) is 0. The Balaban J connectivity index is 1.48. The molecule has 0 aromatic heterocycles. The molecule has 1 fully saturated rings. The van der Waals surface area contributed by atoms with E-state index in [1.165, 1.54) is 30.3 Å². The maximum absolute atomic E-state index is 12.8. The van der Waals surface area contributed by atoms with Crippen LogP contribution < -0.4 is 4.74 Å². The van der Waals surface area contributed by atoms with Gasteiger partial charge in [-0.25, -0.2) is 0 Å². The van der Waals surface area contributed by atoms with E-state index < -0.39 is 16.1 Å². The molecule has 1 aliphatic heterocycles. The van der Waals surface area contributed by atoms with Crippen LogP contribution in [0.2, 0.25) is 20.1 Å². The molecule has 0 N–H and O–H groups in total. The number of rotatable bonds is 7. The molecule has 0 saturated carbocycles. The number of halogens is 4. The Labute approximate surface area is 229 Å². The van der Waals surface area contributed by atoms with Crippen molar-refractivity contribution in [3.05, 3.63) is 106 Å². The molecular weight excluding hydrogens is 570 g/mol. The van der Waals surface area contributed by atoms with Crippen LogP contribution in [0, 0.1) is 10.1 Å². The number of hydrogen-bond donors (Lipinski definition) is 0. The number of thioether (sulfide) groups is 1. The van der Waals surface area contributed by atoms with Crippen LogP contribution in [0.15, 0.2) is 59.5 Å². The zero-order chi connectivity index (χ0) is 26.0. The summed E-state index contributed by atoms with van der Waals surface area (Å²) in [5.74, 6) is -0.233. The molecule has 0 radical (unpaired) electrons. The van der Waals surface area contributed by atoms with Gasteiger partial charge in [0.1, 0.15) is 6.61 Å². The number of carbonyl (C=O) groups excluding carboxylic acids is 2. The van der Waals surface area contributed by atoms with Crippen molar-refractivity contribution in [1.82, 2.24) is 4.90 Å². The van der Waals surface area contributed by atoms with Crippen molar-refractivity contribution in [3.63, 3.8) is 0 Å². The number of ether oxygens (including phenoxy) is 1. The van der Waals surface area contributed by atoms with Gasteiger partial charge in [0.2, 0.25) is 0 Å². The molecule has 0 aliphatic carbocycles.